The molecule has 1 amide bonds. The highest BCUT2D eigenvalue weighted by Gasteiger charge is 2.06. The molecule has 0 radical (unpaired) electrons. The zero-order chi connectivity index (χ0) is 13.5. The van der Waals surface area contributed by atoms with Gasteiger partial charge in [-0.2, -0.15) is 10.3 Å². The van der Waals surface area contributed by atoms with Crippen LogP contribution in [0.4, 0.5) is 0 Å². The van der Waals surface area contributed by atoms with E-state index in [1.54, 1.807) is 43.3 Å². The summed E-state index contributed by atoms with van der Waals surface area (Å²) in [6.45, 7) is 0. The van der Waals surface area contributed by atoms with E-state index in [9.17, 15) is 4.79 Å². The Morgan fingerprint density at radius 3 is 2.50 bits per heavy atom. The molecule has 0 saturated carbocycles. The standard InChI is InChI=1S/C13H12ClN3O/c1-17(2)9-16-13(18)11(8-15)7-10-3-5-12(14)6-4-10/h3-7,9H,1-2H3. The van der Waals surface area contributed by atoms with Gasteiger partial charge in [0.05, 0.1) is 6.34 Å². The maximum absolute atomic E-state index is 11.6. The summed E-state index contributed by atoms with van der Waals surface area (Å²) in [5, 5.41) is 9.52. The molecule has 5 heteroatoms. The zero-order valence-corrected chi connectivity index (χ0v) is 10.8. The molecule has 0 fully saturated rings. The van der Waals surface area contributed by atoms with Gasteiger partial charge in [-0.3, -0.25) is 4.79 Å². The van der Waals surface area contributed by atoms with E-state index >= 15 is 0 Å². The number of rotatable bonds is 3. The van der Waals surface area contributed by atoms with E-state index in [2.05, 4.69) is 4.99 Å². The summed E-state index contributed by atoms with van der Waals surface area (Å²) in [4.78, 5) is 16.9. The lowest BCUT2D eigenvalue weighted by Crippen LogP contribution is -2.10. The summed E-state index contributed by atoms with van der Waals surface area (Å²) in [6, 6.07) is 8.67. The fourth-order valence-corrected chi connectivity index (χ4v) is 1.23. The van der Waals surface area contributed by atoms with Crippen LogP contribution in [0.3, 0.4) is 0 Å². The van der Waals surface area contributed by atoms with Gasteiger partial charge in [-0.1, -0.05) is 23.7 Å². The van der Waals surface area contributed by atoms with Crippen molar-refractivity contribution in [2.24, 2.45) is 4.99 Å². The first-order chi connectivity index (χ1) is 8.52. The number of amides is 1. The molecule has 4 nitrogen and oxygen atoms in total. The minimum atomic E-state index is -0.568. The first-order valence-electron chi connectivity index (χ1n) is 5.15. The Balaban J connectivity index is 2.93. The Morgan fingerprint density at radius 2 is 2.00 bits per heavy atom. The van der Waals surface area contributed by atoms with Crippen LogP contribution in [0.2, 0.25) is 5.02 Å². The lowest BCUT2D eigenvalue weighted by Gasteiger charge is -2.01. The predicted molar refractivity (Wildman–Crippen MR) is 72.2 cm³/mol. The van der Waals surface area contributed by atoms with Crippen molar-refractivity contribution in [2.45, 2.75) is 0 Å². The normalized spacial score (nSPS) is 11.3. The van der Waals surface area contributed by atoms with Crippen molar-refractivity contribution in [1.82, 2.24) is 4.90 Å². The summed E-state index contributed by atoms with van der Waals surface area (Å²) < 4.78 is 0. The number of halogens is 1. The smallest absolute Gasteiger partial charge is 0.289 e. The van der Waals surface area contributed by atoms with Gasteiger partial charge in [0.2, 0.25) is 0 Å². The van der Waals surface area contributed by atoms with Gasteiger partial charge in [0.15, 0.2) is 0 Å². The Kier molecular flexibility index (Phi) is 5.09. The molecule has 1 aromatic carbocycles. The second-order valence-electron chi connectivity index (χ2n) is 3.73. The lowest BCUT2D eigenvalue weighted by atomic mass is 10.1. The molecule has 92 valence electrons. The summed E-state index contributed by atoms with van der Waals surface area (Å²) in [7, 11) is 3.48. The molecule has 0 aliphatic heterocycles. The van der Waals surface area contributed by atoms with Crippen molar-refractivity contribution in [3.05, 3.63) is 40.4 Å². The first-order valence-corrected chi connectivity index (χ1v) is 5.53. The highest BCUT2D eigenvalue weighted by atomic mass is 35.5. The van der Waals surface area contributed by atoms with E-state index in [4.69, 9.17) is 16.9 Å². The largest absolute Gasteiger partial charge is 0.369 e. The van der Waals surface area contributed by atoms with Crippen LogP contribution in [0, 0.1) is 11.3 Å². The van der Waals surface area contributed by atoms with E-state index in [-0.39, 0.29) is 5.57 Å². The number of benzene rings is 1. The molecule has 0 aliphatic rings. The minimum absolute atomic E-state index is 0.0181. The average Bonchev–Trinajstić information content (AvgIpc) is 2.35. The van der Waals surface area contributed by atoms with Gasteiger partial charge >= 0.3 is 0 Å². The Hall–Kier alpha value is -2.12. The third-order valence-electron chi connectivity index (χ3n) is 1.94. The van der Waals surface area contributed by atoms with Gasteiger partial charge in [0.1, 0.15) is 11.6 Å². The van der Waals surface area contributed by atoms with Gasteiger partial charge in [0, 0.05) is 19.1 Å². The lowest BCUT2D eigenvalue weighted by molar-refractivity contribution is -0.113. The molecule has 1 rings (SSSR count). The molecule has 0 spiro atoms. The average molecular weight is 262 g/mol. The van der Waals surface area contributed by atoms with Gasteiger partial charge in [-0.25, -0.2) is 0 Å². The summed E-state index contributed by atoms with van der Waals surface area (Å²) in [6.07, 6.45) is 2.83. The van der Waals surface area contributed by atoms with Crippen molar-refractivity contribution < 1.29 is 4.79 Å². The molecule has 0 unspecified atom stereocenters. The monoisotopic (exact) mass is 261 g/mol. The molecule has 0 atom stereocenters. The topological polar surface area (TPSA) is 56.5 Å². The predicted octanol–water partition coefficient (Wildman–Crippen LogP) is 2.36. The number of carbonyl (C=O) groups excluding carboxylic acids is 1. The molecule has 0 heterocycles. The number of nitriles is 1. The Bertz CT molecular complexity index is 524. The van der Waals surface area contributed by atoms with E-state index in [0.717, 1.165) is 5.56 Å². The number of carbonyl (C=O) groups is 1. The maximum atomic E-state index is 11.6. The van der Waals surface area contributed by atoms with Crippen molar-refractivity contribution in [3.63, 3.8) is 0 Å². The van der Waals surface area contributed by atoms with Crippen molar-refractivity contribution in [1.29, 1.82) is 5.26 Å². The Labute approximate surface area is 111 Å². The van der Waals surface area contributed by atoms with Gasteiger partial charge in [-0.15, -0.1) is 0 Å². The van der Waals surface area contributed by atoms with Crippen molar-refractivity contribution >= 4 is 29.9 Å². The first kappa shape index (κ1) is 13.9. The highest BCUT2D eigenvalue weighted by molar-refractivity contribution is 6.30. The third-order valence-corrected chi connectivity index (χ3v) is 2.19. The van der Waals surface area contributed by atoms with Crippen LogP contribution < -0.4 is 0 Å². The summed E-state index contributed by atoms with van der Waals surface area (Å²) >= 11 is 5.75. The van der Waals surface area contributed by atoms with Crippen LogP contribution in [0.25, 0.3) is 6.08 Å². The minimum Gasteiger partial charge on any atom is -0.369 e. The van der Waals surface area contributed by atoms with Gasteiger partial charge in [-0.05, 0) is 23.8 Å². The van der Waals surface area contributed by atoms with Crippen molar-refractivity contribution in [3.8, 4) is 6.07 Å². The number of aliphatic imine (C=N–C) groups is 1. The van der Waals surface area contributed by atoms with Crippen molar-refractivity contribution in [2.75, 3.05) is 14.1 Å². The Morgan fingerprint density at radius 1 is 1.39 bits per heavy atom. The maximum Gasteiger partial charge on any atom is 0.289 e. The fourth-order valence-electron chi connectivity index (χ4n) is 1.10. The molecule has 0 N–H and O–H groups in total. The molecule has 0 saturated heterocycles. The molecule has 1 aromatic rings. The second kappa shape index (κ2) is 6.58. The van der Waals surface area contributed by atoms with E-state index < -0.39 is 5.91 Å². The molecule has 18 heavy (non-hydrogen) atoms. The van der Waals surface area contributed by atoms with Gasteiger partial charge in [0.25, 0.3) is 5.91 Å². The van der Waals surface area contributed by atoms with Crippen LogP contribution in [-0.2, 0) is 4.79 Å². The number of hydrogen-bond donors (Lipinski definition) is 0. The number of nitrogens with zero attached hydrogens (tertiary/aromatic N) is 3. The quantitative estimate of drug-likeness (QED) is 0.363. The summed E-state index contributed by atoms with van der Waals surface area (Å²) in [5.74, 6) is -0.568. The SMILES string of the molecule is CN(C)C=NC(=O)C(C#N)=Cc1ccc(Cl)cc1. The molecule has 0 bridgehead atoms. The number of hydrogen-bond acceptors (Lipinski definition) is 2. The third kappa shape index (κ3) is 4.40. The van der Waals surface area contributed by atoms with E-state index in [1.807, 2.05) is 6.07 Å². The van der Waals surface area contributed by atoms with Crippen LogP contribution in [0.1, 0.15) is 5.56 Å². The fraction of sp³-hybridized carbons (Fsp3) is 0.154. The van der Waals surface area contributed by atoms with Crippen LogP contribution >= 0.6 is 11.6 Å². The molecular formula is C13H12ClN3O. The van der Waals surface area contributed by atoms with Crippen LogP contribution in [0.5, 0.6) is 0 Å². The second-order valence-corrected chi connectivity index (χ2v) is 4.17. The van der Waals surface area contributed by atoms with E-state index in [1.165, 1.54) is 12.4 Å². The van der Waals surface area contributed by atoms with Gasteiger partial charge < -0.3 is 4.90 Å². The highest BCUT2D eigenvalue weighted by Crippen LogP contribution is 2.12. The zero-order valence-electron chi connectivity index (χ0n) is 10.1. The molecule has 0 aromatic heterocycles. The summed E-state index contributed by atoms with van der Waals surface area (Å²) in [5.41, 5.74) is 0.708. The van der Waals surface area contributed by atoms with Crippen LogP contribution in [-0.4, -0.2) is 31.2 Å². The van der Waals surface area contributed by atoms with Crippen LogP contribution in [0.15, 0.2) is 34.8 Å². The van der Waals surface area contributed by atoms with E-state index in [0.29, 0.717) is 5.02 Å². The molecular weight excluding hydrogens is 250 g/mol. The molecule has 0 aliphatic carbocycles.